The van der Waals surface area contributed by atoms with Crippen molar-refractivity contribution in [2.45, 2.75) is 19.8 Å². The zero-order valence-corrected chi connectivity index (χ0v) is 15.0. The molecular weight excluding hydrogens is 370 g/mol. The van der Waals surface area contributed by atoms with E-state index < -0.39 is 5.97 Å². The van der Waals surface area contributed by atoms with Crippen molar-refractivity contribution in [3.05, 3.63) is 69.7 Å². The number of benzene rings is 2. The minimum atomic E-state index is -1.02. The largest absolute Gasteiger partial charge is 0.478 e. The molecule has 0 bridgehead atoms. The maximum Gasteiger partial charge on any atom is 0.328 e. The first kappa shape index (κ1) is 17.9. The molecule has 2 rings (SSSR count). The summed E-state index contributed by atoms with van der Waals surface area (Å²) >= 11 is 3.39. The molecule has 0 fully saturated rings. The molecule has 0 saturated heterocycles. The number of amides is 1. The fourth-order valence-electron chi connectivity index (χ4n) is 2.12. The first-order chi connectivity index (χ1) is 11.4. The van der Waals surface area contributed by atoms with Crippen molar-refractivity contribution in [2.24, 2.45) is 0 Å². The number of aliphatic carboxylic acids is 1. The predicted molar refractivity (Wildman–Crippen MR) is 99.3 cm³/mol. The standard InChI is InChI=1S/C19H18BrNO3/c1-12(2)14-5-7-15(8-6-14)19(24)21-17-11-13(3-9-16(17)20)4-10-18(22)23/h3-12H,1-2H3,(H,21,24)(H,22,23)/b10-4+. The third kappa shape index (κ3) is 4.80. The molecule has 2 N–H and O–H groups in total. The van der Waals surface area contributed by atoms with Gasteiger partial charge in [0.2, 0.25) is 0 Å². The summed E-state index contributed by atoms with van der Waals surface area (Å²) in [4.78, 5) is 23.0. The molecule has 0 radical (unpaired) electrons. The molecule has 0 heterocycles. The van der Waals surface area contributed by atoms with Crippen LogP contribution >= 0.6 is 15.9 Å². The molecule has 5 heteroatoms. The Bertz CT molecular complexity index is 780. The van der Waals surface area contributed by atoms with Crippen molar-refractivity contribution in [1.29, 1.82) is 0 Å². The van der Waals surface area contributed by atoms with Gasteiger partial charge in [-0.05, 0) is 63.3 Å². The average molecular weight is 388 g/mol. The van der Waals surface area contributed by atoms with Crippen molar-refractivity contribution < 1.29 is 14.7 Å². The zero-order valence-electron chi connectivity index (χ0n) is 13.4. The molecule has 0 aliphatic rings. The first-order valence-corrected chi connectivity index (χ1v) is 8.28. The molecular formula is C19H18BrNO3. The molecule has 0 spiro atoms. The minimum absolute atomic E-state index is 0.217. The molecule has 24 heavy (non-hydrogen) atoms. The molecule has 0 saturated carbocycles. The number of rotatable bonds is 5. The number of carboxylic acids is 1. The van der Waals surface area contributed by atoms with E-state index in [1.807, 2.05) is 12.1 Å². The number of anilines is 1. The Morgan fingerprint density at radius 3 is 2.38 bits per heavy atom. The van der Waals surface area contributed by atoms with E-state index in [1.54, 1.807) is 30.3 Å². The molecule has 4 nitrogen and oxygen atoms in total. The fourth-order valence-corrected chi connectivity index (χ4v) is 2.47. The van der Waals surface area contributed by atoms with E-state index in [-0.39, 0.29) is 5.91 Å². The van der Waals surface area contributed by atoms with Gasteiger partial charge in [-0.25, -0.2) is 4.79 Å². The van der Waals surface area contributed by atoms with Crippen LogP contribution in [0.4, 0.5) is 5.69 Å². The molecule has 0 aromatic heterocycles. The van der Waals surface area contributed by atoms with E-state index in [0.29, 0.717) is 22.7 Å². The van der Waals surface area contributed by atoms with Crippen molar-refractivity contribution in [3.63, 3.8) is 0 Å². The van der Waals surface area contributed by atoms with Crippen LogP contribution in [0, 0.1) is 0 Å². The van der Waals surface area contributed by atoms with Gasteiger partial charge in [0.1, 0.15) is 0 Å². The van der Waals surface area contributed by atoms with E-state index in [4.69, 9.17) is 5.11 Å². The summed E-state index contributed by atoms with van der Waals surface area (Å²) < 4.78 is 0.724. The lowest BCUT2D eigenvalue weighted by Crippen LogP contribution is -2.12. The van der Waals surface area contributed by atoms with E-state index in [1.165, 1.54) is 11.6 Å². The van der Waals surface area contributed by atoms with Gasteiger partial charge in [0.25, 0.3) is 5.91 Å². The smallest absolute Gasteiger partial charge is 0.328 e. The number of halogens is 1. The van der Waals surface area contributed by atoms with Crippen molar-refractivity contribution in [2.75, 3.05) is 5.32 Å². The van der Waals surface area contributed by atoms with Crippen LogP contribution in [-0.4, -0.2) is 17.0 Å². The van der Waals surface area contributed by atoms with Crippen molar-refractivity contribution in [3.8, 4) is 0 Å². The number of carbonyl (C=O) groups excluding carboxylic acids is 1. The van der Waals surface area contributed by atoms with Gasteiger partial charge in [-0.2, -0.15) is 0 Å². The van der Waals surface area contributed by atoms with Crippen LogP contribution in [0.15, 0.2) is 53.0 Å². The normalized spacial score (nSPS) is 11.0. The van der Waals surface area contributed by atoms with Gasteiger partial charge < -0.3 is 10.4 Å². The van der Waals surface area contributed by atoms with Crippen molar-refractivity contribution >= 4 is 39.6 Å². The van der Waals surface area contributed by atoms with Crippen molar-refractivity contribution in [1.82, 2.24) is 0 Å². The quantitative estimate of drug-likeness (QED) is 0.715. The highest BCUT2D eigenvalue weighted by molar-refractivity contribution is 9.10. The highest BCUT2D eigenvalue weighted by Gasteiger charge is 2.09. The van der Waals surface area contributed by atoms with Crippen LogP contribution in [0.1, 0.15) is 41.3 Å². The summed E-state index contributed by atoms with van der Waals surface area (Å²) in [5.74, 6) is -0.826. The Balaban J connectivity index is 2.18. The average Bonchev–Trinajstić information content (AvgIpc) is 2.55. The number of hydrogen-bond donors (Lipinski definition) is 2. The van der Waals surface area contributed by atoms with Crippen LogP contribution in [0.2, 0.25) is 0 Å². The third-order valence-electron chi connectivity index (χ3n) is 3.50. The number of hydrogen-bond acceptors (Lipinski definition) is 2. The van der Waals surface area contributed by atoms with Gasteiger partial charge in [-0.3, -0.25) is 4.79 Å². The van der Waals surface area contributed by atoms with E-state index in [9.17, 15) is 9.59 Å². The maximum atomic E-state index is 12.4. The fraction of sp³-hybridized carbons (Fsp3) is 0.158. The second-order valence-corrected chi connectivity index (χ2v) is 6.50. The lowest BCUT2D eigenvalue weighted by Gasteiger charge is -2.10. The molecule has 1 amide bonds. The Morgan fingerprint density at radius 1 is 1.12 bits per heavy atom. The summed E-state index contributed by atoms with van der Waals surface area (Å²) in [5, 5.41) is 11.5. The summed E-state index contributed by atoms with van der Waals surface area (Å²) in [5.41, 5.74) is 3.01. The summed E-state index contributed by atoms with van der Waals surface area (Å²) in [6.07, 6.45) is 2.53. The van der Waals surface area contributed by atoms with Crippen LogP contribution in [0.5, 0.6) is 0 Å². The Kier molecular flexibility index (Phi) is 5.93. The van der Waals surface area contributed by atoms with Gasteiger partial charge >= 0.3 is 5.97 Å². The zero-order chi connectivity index (χ0) is 17.7. The predicted octanol–water partition coefficient (Wildman–Crippen LogP) is 4.92. The van der Waals surface area contributed by atoms with Gasteiger partial charge in [0.05, 0.1) is 5.69 Å². The van der Waals surface area contributed by atoms with Gasteiger partial charge in [-0.1, -0.05) is 32.0 Å². The molecule has 2 aromatic rings. The molecule has 0 aliphatic heterocycles. The lowest BCUT2D eigenvalue weighted by atomic mass is 10.0. The van der Waals surface area contributed by atoms with E-state index >= 15 is 0 Å². The Labute approximate surface area is 149 Å². The molecule has 2 aromatic carbocycles. The van der Waals surface area contributed by atoms with Crippen LogP contribution in [0.25, 0.3) is 6.08 Å². The minimum Gasteiger partial charge on any atom is -0.478 e. The third-order valence-corrected chi connectivity index (χ3v) is 4.19. The summed E-state index contributed by atoms with van der Waals surface area (Å²) in [6, 6.07) is 12.7. The van der Waals surface area contributed by atoms with E-state index in [2.05, 4.69) is 35.1 Å². The second-order valence-electron chi connectivity index (χ2n) is 5.64. The Hall–Kier alpha value is -2.40. The highest BCUT2D eigenvalue weighted by atomic mass is 79.9. The van der Waals surface area contributed by atoms with Gasteiger partial charge in [-0.15, -0.1) is 0 Å². The number of carbonyl (C=O) groups is 2. The van der Waals surface area contributed by atoms with E-state index in [0.717, 1.165) is 10.5 Å². The molecule has 0 atom stereocenters. The maximum absolute atomic E-state index is 12.4. The first-order valence-electron chi connectivity index (χ1n) is 7.48. The van der Waals surface area contributed by atoms with Crippen LogP contribution < -0.4 is 5.32 Å². The van der Waals surface area contributed by atoms with Crippen LogP contribution in [-0.2, 0) is 4.79 Å². The monoisotopic (exact) mass is 387 g/mol. The Morgan fingerprint density at radius 2 is 1.79 bits per heavy atom. The summed E-state index contributed by atoms with van der Waals surface area (Å²) in [6.45, 7) is 4.20. The second kappa shape index (κ2) is 7.93. The van der Waals surface area contributed by atoms with Crippen LogP contribution in [0.3, 0.4) is 0 Å². The lowest BCUT2D eigenvalue weighted by molar-refractivity contribution is -0.131. The van der Waals surface area contributed by atoms with Gasteiger partial charge in [0.15, 0.2) is 0 Å². The molecule has 0 aliphatic carbocycles. The molecule has 0 unspecified atom stereocenters. The summed E-state index contributed by atoms with van der Waals surface area (Å²) in [7, 11) is 0. The number of nitrogens with one attached hydrogen (secondary N) is 1. The topological polar surface area (TPSA) is 66.4 Å². The number of carboxylic acid groups (broad SMARTS) is 1. The molecule has 124 valence electrons. The SMILES string of the molecule is CC(C)c1ccc(C(=O)Nc2cc(/C=C/C(=O)O)ccc2Br)cc1. The highest BCUT2D eigenvalue weighted by Crippen LogP contribution is 2.25. The van der Waals surface area contributed by atoms with Gasteiger partial charge in [0, 0.05) is 16.1 Å².